The molecule has 2 saturated heterocycles. The second-order valence-electron chi connectivity index (χ2n) is 8.32. The summed E-state index contributed by atoms with van der Waals surface area (Å²) in [6.45, 7) is 10.0. The number of hydrogen-bond acceptors (Lipinski definition) is 5. The molecule has 0 bridgehead atoms. The second-order valence-corrected chi connectivity index (χ2v) is 11.1. The van der Waals surface area contributed by atoms with Gasteiger partial charge in [-0.15, -0.1) is 0 Å². The zero-order chi connectivity index (χ0) is 20.2. The molecule has 1 unspecified atom stereocenters. The Bertz CT molecular complexity index is 752. The minimum absolute atomic E-state index is 0.116. The van der Waals surface area contributed by atoms with Gasteiger partial charge in [-0.2, -0.15) is 0 Å². The minimum Gasteiger partial charge on any atom is -0.468 e. The van der Waals surface area contributed by atoms with E-state index >= 15 is 0 Å². The van der Waals surface area contributed by atoms with Crippen molar-refractivity contribution in [3.8, 4) is 0 Å². The van der Waals surface area contributed by atoms with Crippen LogP contribution in [0.2, 0.25) is 0 Å². The normalized spacial score (nSPS) is 24.1. The summed E-state index contributed by atoms with van der Waals surface area (Å²) in [5.41, 5.74) is 0. The van der Waals surface area contributed by atoms with Crippen LogP contribution in [0.3, 0.4) is 0 Å². The van der Waals surface area contributed by atoms with Gasteiger partial charge < -0.3 is 14.6 Å². The largest absolute Gasteiger partial charge is 0.468 e. The summed E-state index contributed by atoms with van der Waals surface area (Å²) in [4.78, 5) is 9.46. The number of rotatable bonds is 5. The topological polar surface area (TPSA) is 78.2 Å². The van der Waals surface area contributed by atoms with Crippen LogP contribution in [-0.4, -0.2) is 73.9 Å². The van der Waals surface area contributed by atoms with Crippen molar-refractivity contribution in [2.75, 3.05) is 45.0 Å². The van der Waals surface area contributed by atoms with E-state index in [9.17, 15) is 8.42 Å². The van der Waals surface area contributed by atoms with Gasteiger partial charge in [0.05, 0.1) is 29.3 Å². The maximum atomic E-state index is 12.4. The van der Waals surface area contributed by atoms with Gasteiger partial charge in [0.15, 0.2) is 15.8 Å². The van der Waals surface area contributed by atoms with Crippen LogP contribution in [0.4, 0.5) is 0 Å². The van der Waals surface area contributed by atoms with Gasteiger partial charge in [0.2, 0.25) is 0 Å². The van der Waals surface area contributed by atoms with Crippen LogP contribution in [0.5, 0.6) is 0 Å². The van der Waals surface area contributed by atoms with Gasteiger partial charge in [0.1, 0.15) is 5.76 Å². The van der Waals surface area contributed by atoms with Crippen LogP contribution in [0, 0.1) is 0 Å². The number of guanidine groups is 1. The first-order valence-corrected chi connectivity index (χ1v) is 12.0. The Morgan fingerprint density at radius 1 is 1.29 bits per heavy atom. The van der Waals surface area contributed by atoms with Crippen LogP contribution >= 0.6 is 0 Å². The molecule has 7 nitrogen and oxygen atoms in total. The zero-order valence-electron chi connectivity index (χ0n) is 17.4. The van der Waals surface area contributed by atoms with Crippen LogP contribution in [0.25, 0.3) is 0 Å². The fourth-order valence-corrected chi connectivity index (χ4v) is 5.39. The number of likely N-dealkylation sites (tertiary alicyclic amines) is 1. The average molecular weight is 411 g/mol. The Morgan fingerprint density at radius 3 is 2.64 bits per heavy atom. The van der Waals surface area contributed by atoms with Crippen molar-refractivity contribution in [3.63, 3.8) is 0 Å². The molecule has 3 heterocycles. The maximum absolute atomic E-state index is 12.4. The summed E-state index contributed by atoms with van der Waals surface area (Å²) >= 11 is 0. The Morgan fingerprint density at radius 2 is 2.04 bits per heavy atom. The first kappa shape index (κ1) is 21.2. The number of piperidine rings is 1. The smallest absolute Gasteiger partial charge is 0.194 e. The highest BCUT2D eigenvalue weighted by molar-refractivity contribution is 7.92. The first-order valence-electron chi connectivity index (χ1n) is 10.4. The highest BCUT2D eigenvalue weighted by atomic mass is 32.2. The molecule has 0 saturated carbocycles. The molecule has 0 aliphatic carbocycles. The molecular weight excluding hydrogens is 376 g/mol. The molecule has 0 radical (unpaired) electrons. The van der Waals surface area contributed by atoms with E-state index in [0.29, 0.717) is 19.6 Å². The predicted molar refractivity (Wildman–Crippen MR) is 112 cm³/mol. The average Bonchev–Trinajstić information content (AvgIpc) is 3.19. The van der Waals surface area contributed by atoms with Gasteiger partial charge in [0, 0.05) is 19.6 Å². The molecule has 0 amide bonds. The second kappa shape index (κ2) is 8.86. The van der Waals surface area contributed by atoms with E-state index in [2.05, 4.69) is 15.1 Å². The van der Waals surface area contributed by atoms with Gasteiger partial charge in [-0.3, -0.25) is 9.89 Å². The maximum Gasteiger partial charge on any atom is 0.194 e. The highest BCUT2D eigenvalue weighted by Crippen LogP contribution is 2.27. The van der Waals surface area contributed by atoms with E-state index in [1.54, 1.807) is 20.1 Å². The number of nitrogens with zero attached hydrogens (tertiary/aromatic N) is 3. The molecule has 8 heteroatoms. The quantitative estimate of drug-likeness (QED) is 0.593. The molecule has 2 fully saturated rings. The standard InChI is InChI=1S/C20H34N4O3S/c1-4-21-19(24-12-14-28(25,26)20(2,3)16-24)22-15-17(18-9-8-13-27-18)23-10-6-5-7-11-23/h8-9,13,17H,4-7,10-12,14-16H2,1-3H3,(H,21,22). The van der Waals surface area contributed by atoms with Gasteiger partial charge >= 0.3 is 0 Å². The van der Waals surface area contributed by atoms with Crippen molar-refractivity contribution in [2.24, 2.45) is 4.99 Å². The molecular formula is C20H34N4O3S. The molecule has 0 aromatic carbocycles. The van der Waals surface area contributed by atoms with Gasteiger partial charge in [-0.05, 0) is 58.8 Å². The van der Waals surface area contributed by atoms with Gasteiger partial charge in [-0.1, -0.05) is 6.42 Å². The lowest BCUT2D eigenvalue weighted by atomic mass is 10.1. The molecule has 1 atom stereocenters. The lowest BCUT2D eigenvalue weighted by Gasteiger charge is -2.39. The summed E-state index contributed by atoms with van der Waals surface area (Å²) in [7, 11) is -3.07. The number of aliphatic imine (C=N–C) groups is 1. The number of furan rings is 1. The fourth-order valence-electron chi connectivity index (χ4n) is 4.02. The number of sulfone groups is 1. The summed E-state index contributed by atoms with van der Waals surface area (Å²) in [6, 6.07) is 4.07. The SMILES string of the molecule is CCNC(=NCC(c1ccco1)N1CCCCC1)N1CCS(=O)(=O)C(C)(C)C1. The van der Waals surface area contributed by atoms with Crippen molar-refractivity contribution in [2.45, 2.75) is 50.8 Å². The highest BCUT2D eigenvalue weighted by Gasteiger charge is 2.41. The Hall–Kier alpha value is -1.54. The Kier molecular flexibility index (Phi) is 6.70. The van der Waals surface area contributed by atoms with E-state index in [4.69, 9.17) is 9.41 Å². The summed E-state index contributed by atoms with van der Waals surface area (Å²) in [6.07, 6.45) is 5.42. The molecule has 2 aliphatic heterocycles. The van der Waals surface area contributed by atoms with Crippen molar-refractivity contribution in [1.29, 1.82) is 0 Å². The number of nitrogens with one attached hydrogen (secondary N) is 1. The van der Waals surface area contributed by atoms with Crippen molar-refractivity contribution < 1.29 is 12.8 Å². The van der Waals surface area contributed by atoms with E-state index in [0.717, 1.165) is 31.4 Å². The number of hydrogen-bond donors (Lipinski definition) is 1. The third kappa shape index (κ3) is 4.71. The monoisotopic (exact) mass is 410 g/mol. The van der Waals surface area contributed by atoms with Crippen LogP contribution < -0.4 is 5.32 Å². The molecule has 158 valence electrons. The van der Waals surface area contributed by atoms with E-state index in [1.165, 1.54) is 19.3 Å². The summed E-state index contributed by atoms with van der Waals surface area (Å²) < 4.78 is 29.7. The molecule has 3 rings (SSSR count). The van der Waals surface area contributed by atoms with Gasteiger partial charge in [-0.25, -0.2) is 8.42 Å². The van der Waals surface area contributed by atoms with E-state index in [1.807, 2.05) is 19.1 Å². The summed E-state index contributed by atoms with van der Waals surface area (Å²) in [5.74, 6) is 1.90. The predicted octanol–water partition coefficient (Wildman–Crippen LogP) is 2.28. The minimum atomic E-state index is -3.07. The first-order chi connectivity index (χ1) is 13.3. The van der Waals surface area contributed by atoms with Crippen LogP contribution in [0.15, 0.2) is 27.8 Å². The molecule has 1 aromatic heterocycles. The lowest BCUT2D eigenvalue weighted by molar-refractivity contribution is 0.150. The third-order valence-electron chi connectivity index (χ3n) is 5.79. The molecule has 28 heavy (non-hydrogen) atoms. The lowest BCUT2D eigenvalue weighted by Crippen LogP contribution is -2.57. The molecule has 0 spiro atoms. The molecule has 1 N–H and O–H groups in total. The van der Waals surface area contributed by atoms with Crippen molar-refractivity contribution >= 4 is 15.8 Å². The third-order valence-corrected chi connectivity index (χ3v) is 8.33. The Balaban J connectivity index is 1.78. The Labute approximate surface area is 169 Å². The fraction of sp³-hybridized carbons (Fsp3) is 0.750. The van der Waals surface area contributed by atoms with E-state index < -0.39 is 14.6 Å². The van der Waals surface area contributed by atoms with Crippen molar-refractivity contribution in [3.05, 3.63) is 24.2 Å². The van der Waals surface area contributed by atoms with E-state index in [-0.39, 0.29) is 11.8 Å². The van der Waals surface area contributed by atoms with Crippen LogP contribution in [0.1, 0.15) is 51.8 Å². The molecule has 1 aromatic rings. The van der Waals surface area contributed by atoms with Crippen LogP contribution in [-0.2, 0) is 9.84 Å². The van der Waals surface area contributed by atoms with Crippen molar-refractivity contribution in [1.82, 2.24) is 15.1 Å². The van der Waals surface area contributed by atoms with Gasteiger partial charge in [0.25, 0.3) is 0 Å². The molecule has 2 aliphatic rings. The zero-order valence-corrected chi connectivity index (χ0v) is 18.2. The summed E-state index contributed by atoms with van der Waals surface area (Å²) in [5, 5.41) is 3.35.